The molecule has 3 nitrogen and oxygen atoms in total. The van der Waals surface area contributed by atoms with Crippen molar-refractivity contribution in [2.75, 3.05) is 0 Å². The van der Waals surface area contributed by atoms with E-state index in [1.54, 1.807) is 0 Å². The van der Waals surface area contributed by atoms with Gasteiger partial charge in [-0.15, -0.1) is 0 Å². The molecular weight excluding hydrogens is 231 g/mol. The van der Waals surface area contributed by atoms with Crippen LogP contribution in [0.25, 0.3) is 0 Å². The van der Waals surface area contributed by atoms with Crippen LogP contribution in [-0.4, -0.2) is 28.1 Å². The Bertz CT molecular complexity index is 160. The molecule has 0 aliphatic heterocycles. The normalized spacial score (nSPS) is 17.5. The SMILES string of the molecule is N[C@H]([C@H](Br)C(=O)O)C(F)(F)F. The maximum Gasteiger partial charge on any atom is 0.405 e. The number of rotatable bonds is 2. The lowest BCUT2D eigenvalue weighted by atomic mass is 10.2. The number of carboxylic acid groups (broad SMARTS) is 1. The molecule has 0 aliphatic rings. The molecule has 0 radical (unpaired) electrons. The van der Waals surface area contributed by atoms with E-state index in [2.05, 4.69) is 21.7 Å². The van der Waals surface area contributed by atoms with Crippen LogP contribution in [-0.2, 0) is 4.79 Å². The number of carboxylic acids is 1. The van der Waals surface area contributed by atoms with Crippen LogP contribution in [0.1, 0.15) is 0 Å². The number of nitrogens with two attached hydrogens (primary N) is 1. The fraction of sp³-hybridized carbons (Fsp3) is 0.750. The molecule has 66 valence electrons. The van der Waals surface area contributed by atoms with Gasteiger partial charge in [0, 0.05) is 0 Å². The number of carbonyl (C=O) groups is 1. The van der Waals surface area contributed by atoms with Crippen molar-refractivity contribution in [3.63, 3.8) is 0 Å². The summed E-state index contributed by atoms with van der Waals surface area (Å²) in [5.41, 5.74) is 4.54. The van der Waals surface area contributed by atoms with Crippen molar-refractivity contribution < 1.29 is 23.1 Å². The Morgan fingerprint density at radius 2 is 1.91 bits per heavy atom. The van der Waals surface area contributed by atoms with Crippen LogP contribution < -0.4 is 5.73 Å². The van der Waals surface area contributed by atoms with Gasteiger partial charge < -0.3 is 10.8 Å². The molecule has 0 aliphatic carbocycles. The van der Waals surface area contributed by atoms with Gasteiger partial charge in [-0.2, -0.15) is 13.2 Å². The van der Waals surface area contributed by atoms with E-state index in [1.165, 1.54) is 0 Å². The summed E-state index contributed by atoms with van der Waals surface area (Å²) >= 11 is 2.30. The maximum atomic E-state index is 11.6. The van der Waals surface area contributed by atoms with E-state index in [1.807, 2.05) is 0 Å². The number of halogens is 4. The predicted molar refractivity (Wildman–Crippen MR) is 34.4 cm³/mol. The fourth-order valence-corrected chi connectivity index (χ4v) is 0.619. The number of aliphatic carboxylic acids is 1. The monoisotopic (exact) mass is 235 g/mol. The topological polar surface area (TPSA) is 63.3 Å². The average molecular weight is 236 g/mol. The molecule has 0 aromatic heterocycles. The third-order valence-corrected chi connectivity index (χ3v) is 1.89. The second-order valence-corrected chi connectivity index (χ2v) is 2.79. The summed E-state index contributed by atoms with van der Waals surface area (Å²) in [6, 6.07) is -2.38. The van der Waals surface area contributed by atoms with Gasteiger partial charge in [-0.1, -0.05) is 15.9 Å². The fourth-order valence-electron chi connectivity index (χ4n) is 0.320. The molecule has 11 heavy (non-hydrogen) atoms. The zero-order valence-corrected chi connectivity index (χ0v) is 6.69. The Balaban J connectivity index is 4.25. The minimum Gasteiger partial charge on any atom is -0.480 e. The van der Waals surface area contributed by atoms with Crippen LogP contribution in [0.2, 0.25) is 0 Å². The highest BCUT2D eigenvalue weighted by Crippen LogP contribution is 2.24. The van der Waals surface area contributed by atoms with Gasteiger partial charge in [-0.3, -0.25) is 4.79 Å². The van der Waals surface area contributed by atoms with Crippen molar-refractivity contribution in [1.29, 1.82) is 0 Å². The standard InChI is InChI=1S/C4H5BrF3NO2/c5-1(3(10)11)2(9)4(6,7)8/h1-2H,9H2,(H,10,11)/t1-,2+/m0/s1. The van der Waals surface area contributed by atoms with Crippen LogP contribution in [0.4, 0.5) is 13.2 Å². The molecule has 3 N–H and O–H groups in total. The smallest absolute Gasteiger partial charge is 0.405 e. The average Bonchev–Trinajstić information content (AvgIpc) is 1.82. The van der Waals surface area contributed by atoms with E-state index in [4.69, 9.17) is 5.11 Å². The number of hydrogen-bond acceptors (Lipinski definition) is 2. The summed E-state index contributed by atoms with van der Waals surface area (Å²) in [4.78, 5) is 8.17. The molecule has 0 saturated heterocycles. The first-order valence-corrected chi connectivity index (χ1v) is 3.37. The highest BCUT2D eigenvalue weighted by atomic mass is 79.9. The first kappa shape index (κ1) is 10.7. The highest BCUT2D eigenvalue weighted by Gasteiger charge is 2.43. The summed E-state index contributed by atoms with van der Waals surface area (Å²) in [5, 5.41) is 8.09. The van der Waals surface area contributed by atoms with Gasteiger partial charge in [0.15, 0.2) is 0 Å². The second-order valence-electron chi connectivity index (χ2n) is 1.81. The zero-order valence-electron chi connectivity index (χ0n) is 5.10. The third-order valence-electron chi connectivity index (χ3n) is 0.929. The third kappa shape index (κ3) is 3.06. The molecule has 0 bridgehead atoms. The van der Waals surface area contributed by atoms with Gasteiger partial charge in [-0.05, 0) is 0 Å². The Labute approximate surface area is 68.5 Å². The molecule has 0 heterocycles. The van der Waals surface area contributed by atoms with E-state index in [0.717, 1.165) is 0 Å². The lowest BCUT2D eigenvalue weighted by molar-refractivity contribution is -0.158. The molecule has 0 aromatic carbocycles. The summed E-state index contributed by atoms with van der Waals surface area (Å²) < 4.78 is 34.9. The van der Waals surface area contributed by atoms with Crippen LogP contribution in [0.15, 0.2) is 0 Å². The lowest BCUT2D eigenvalue weighted by Crippen LogP contribution is -2.47. The zero-order chi connectivity index (χ0) is 9.23. The summed E-state index contributed by atoms with van der Waals surface area (Å²) in [7, 11) is 0. The van der Waals surface area contributed by atoms with Crippen molar-refractivity contribution in [1.82, 2.24) is 0 Å². The minimum atomic E-state index is -4.69. The van der Waals surface area contributed by atoms with Crippen LogP contribution >= 0.6 is 15.9 Å². The molecule has 7 heteroatoms. The Morgan fingerprint density at radius 3 is 2.00 bits per heavy atom. The quantitative estimate of drug-likeness (QED) is 0.694. The van der Waals surface area contributed by atoms with Crippen LogP contribution in [0.3, 0.4) is 0 Å². The van der Waals surface area contributed by atoms with Gasteiger partial charge in [0.05, 0.1) is 0 Å². The van der Waals surface area contributed by atoms with Crippen molar-refractivity contribution in [3.05, 3.63) is 0 Å². The molecule has 2 atom stereocenters. The van der Waals surface area contributed by atoms with E-state index in [0.29, 0.717) is 0 Å². The maximum absolute atomic E-state index is 11.6. The van der Waals surface area contributed by atoms with Crippen LogP contribution in [0, 0.1) is 0 Å². The molecule has 0 fully saturated rings. The summed E-state index contributed by atoms with van der Waals surface area (Å²) in [6.45, 7) is 0. The van der Waals surface area contributed by atoms with E-state index >= 15 is 0 Å². The Kier molecular flexibility index (Phi) is 3.30. The van der Waals surface area contributed by atoms with E-state index < -0.39 is 23.0 Å². The summed E-state index contributed by atoms with van der Waals surface area (Å²) in [6.07, 6.45) is -4.69. The van der Waals surface area contributed by atoms with Crippen molar-refractivity contribution in [2.24, 2.45) is 5.73 Å². The lowest BCUT2D eigenvalue weighted by Gasteiger charge is -2.17. The molecular formula is C4H5BrF3NO2. The van der Waals surface area contributed by atoms with Crippen molar-refractivity contribution in [3.8, 4) is 0 Å². The molecule has 0 unspecified atom stereocenters. The van der Waals surface area contributed by atoms with E-state index in [-0.39, 0.29) is 0 Å². The van der Waals surface area contributed by atoms with Gasteiger partial charge in [0.2, 0.25) is 0 Å². The van der Waals surface area contributed by atoms with Crippen molar-refractivity contribution >= 4 is 21.9 Å². The van der Waals surface area contributed by atoms with Gasteiger partial charge >= 0.3 is 12.1 Å². The molecule has 0 saturated carbocycles. The molecule has 0 spiro atoms. The molecule has 0 aromatic rings. The predicted octanol–water partition coefficient (Wildman–Crippen LogP) is 0.724. The number of hydrogen-bond donors (Lipinski definition) is 2. The van der Waals surface area contributed by atoms with Gasteiger partial charge in [-0.25, -0.2) is 0 Å². The van der Waals surface area contributed by atoms with Gasteiger partial charge in [0.25, 0.3) is 0 Å². The highest BCUT2D eigenvalue weighted by molar-refractivity contribution is 9.10. The van der Waals surface area contributed by atoms with Crippen molar-refractivity contribution in [2.45, 2.75) is 17.0 Å². The first-order valence-electron chi connectivity index (χ1n) is 2.46. The summed E-state index contributed by atoms with van der Waals surface area (Å²) in [5.74, 6) is -1.63. The van der Waals surface area contributed by atoms with Crippen LogP contribution in [0.5, 0.6) is 0 Å². The van der Waals surface area contributed by atoms with Gasteiger partial charge in [0.1, 0.15) is 10.9 Å². The largest absolute Gasteiger partial charge is 0.480 e. The minimum absolute atomic E-state index is 1.63. The van der Waals surface area contributed by atoms with E-state index in [9.17, 15) is 18.0 Å². The molecule has 0 rings (SSSR count). The Hall–Kier alpha value is -0.300. The Morgan fingerprint density at radius 1 is 1.55 bits per heavy atom. The number of alkyl halides is 4. The molecule has 0 amide bonds. The second kappa shape index (κ2) is 3.40. The first-order chi connectivity index (χ1) is 4.76.